The molecule has 2 aromatic rings. The van der Waals surface area contributed by atoms with Crippen LogP contribution < -0.4 is 4.74 Å². The number of methoxy groups -OCH3 is 1. The minimum Gasteiger partial charge on any atom is -0.491 e. The van der Waals surface area contributed by atoms with Crippen LogP contribution in [0.4, 0.5) is 0 Å². The molecule has 34 heavy (non-hydrogen) atoms. The van der Waals surface area contributed by atoms with Crippen LogP contribution in [-0.2, 0) is 20.7 Å². The fourth-order valence-electron chi connectivity index (χ4n) is 4.12. The minimum absolute atomic E-state index is 0.0210. The molecule has 7 nitrogen and oxygen atoms in total. The van der Waals surface area contributed by atoms with Gasteiger partial charge >= 0.3 is 0 Å². The maximum atomic E-state index is 13.5. The molecule has 1 aliphatic rings. The van der Waals surface area contributed by atoms with Gasteiger partial charge in [0.15, 0.2) is 0 Å². The van der Waals surface area contributed by atoms with E-state index < -0.39 is 6.10 Å². The van der Waals surface area contributed by atoms with Crippen LogP contribution in [0.1, 0.15) is 22.9 Å². The van der Waals surface area contributed by atoms with Gasteiger partial charge in [0.1, 0.15) is 19.0 Å². The van der Waals surface area contributed by atoms with Crippen molar-refractivity contribution in [2.75, 3.05) is 59.7 Å². The topological polar surface area (TPSA) is 71.5 Å². The number of hydrogen-bond acceptors (Lipinski definition) is 7. The summed E-state index contributed by atoms with van der Waals surface area (Å²) in [6.45, 7) is 3.08. The molecule has 1 aliphatic heterocycles. The Bertz CT molecular complexity index is 913. The number of carbonyl (C=O) groups is 1. The maximum absolute atomic E-state index is 13.5. The number of rotatable bonds is 14. The summed E-state index contributed by atoms with van der Waals surface area (Å²) in [4.78, 5) is 18.7. The van der Waals surface area contributed by atoms with Crippen LogP contribution in [0, 0.1) is 12.3 Å². The molecule has 0 unspecified atom stereocenters. The van der Waals surface area contributed by atoms with E-state index in [4.69, 9.17) is 20.6 Å². The third-order valence-corrected chi connectivity index (χ3v) is 6.71. The van der Waals surface area contributed by atoms with Gasteiger partial charge in [-0.2, -0.15) is 0 Å². The molecule has 1 N–H and O–H groups in total. The molecule has 0 bridgehead atoms. The number of ether oxygens (including phenoxy) is 3. The van der Waals surface area contributed by atoms with Crippen molar-refractivity contribution in [1.29, 1.82) is 0 Å². The second-order valence-electron chi connectivity index (χ2n) is 8.23. The van der Waals surface area contributed by atoms with Crippen molar-refractivity contribution < 1.29 is 24.1 Å². The lowest BCUT2D eigenvalue weighted by Gasteiger charge is -2.37. The van der Waals surface area contributed by atoms with Crippen molar-refractivity contribution in [2.45, 2.75) is 25.0 Å². The minimum atomic E-state index is -0.731. The Morgan fingerprint density at radius 3 is 2.94 bits per heavy atom. The average molecular weight is 487 g/mol. The maximum Gasteiger partial charge on any atom is 0.237 e. The SMILES string of the molecule is C#CCOC[C@@H](O)CN(CCCOC)CC(=O)N1CCc2sccc2[C@@H]1COc1ccccc1. The molecule has 0 saturated heterocycles. The van der Waals surface area contributed by atoms with Gasteiger partial charge in [-0.05, 0) is 42.0 Å². The van der Waals surface area contributed by atoms with Crippen molar-refractivity contribution >= 4 is 17.2 Å². The molecule has 8 heteroatoms. The van der Waals surface area contributed by atoms with Crippen LogP contribution in [0.2, 0.25) is 0 Å². The van der Waals surface area contributed by atoms with Crippen molar-refractivity contribution in [3.63, 3.8) is 0 Å². The molecular formula is C26H34N2O5S. The van der Waals surface area contributed by atoms with E-state index in [9.17, 15) is 9.90 Å². The first kappa shape index (κ1) is 26.2. The Morgan fingerprint density at radius 1 is 1.35 bits per heavy atom. The van der Waals surface area contributed by atoms with Gasteiger partial charge in [-0.3, -0.25) is 9.69 Å². The lowest BCUT2D eigenvalue weighted by Crippen LogP contribution is -2.48. The van der Waals surface area contributed by atoms with E-state index >= 15 is 0 Å². The highest BCUT2D eigenvalue weighted by atomic mass is 32.1. The molecule has 184 valence electrons. The van der Waals surface area contributed by atoms with Gasteiger partial charge in [-0.15, -0.1) is 17.8 Å². The quantitative estimate of drug-likeness (QED) is 0.327. The second-order valence-corrected chi connectivity index (χ2v) is 9.23. The first-order valence-electron chi connectivity index (χ1n) is 11.6. The molecule has 0 radical (unpaired) electrons. The molecule has 3 rings (SSSR count). The Hall–Kier alpha value is -2.41. The highest BCUT2D eigenvalue weighted by Gasteiger charge is 2.33. The highest BCUT2D eigenvalue weighted by Crippen LogP contribution is 2.34. The Balaban J connectivity index is 1.66. The molecular weight excluding hydrogens is 452 g/mol. The van der Waals surface area contributed by atoms with Crippen LogP contribution in [0.25, 0.3) is 0 Å². The van der Waals surface area contributed by atoms with E-state index in [2.05, 4.69) is 17.4 Å². The molecule has 2 heterocycles. The molecule has 0 fully saturated rings. The first-order chi connectivity index (χ1) is 16.6. The third-order valence-electron chi connectivity index (χ3n) is 5.71. The number of hydrogen-bond donors (Lipinski definition) is 1. The van der Waals surface area contributed by atoms with Gasteiger partial charge in [0, 0.05) is 38.2 Å². The highest BCUT2D eigenvalue weighted by molar-refractivity contribution is 7.10. The number of para-hydroxylation sites is 1. The van der Waals surface area contributed by atoms with E-state index in [1.165, 1.54) is 4.88 Å². The predicted octanol–water partition coefficient (Wildman–Crippen LogP) is 2.60. The van der Waals surface area contributed by atoms with Crippen LogP contribution in [0.15, 0.2) is 41.8 Å². The fourth-order valence-corrected chi connectivity index (χ4v) is 5.05. The summed E-state index contributed by atoms with van der Waals surface area (Å²) in [7, 11) is 1.65. The van der Waals surface area contributed by atoms with Crippen LogP contribution in [0.5, 0.6) is 5.75 Å². The number of fused-ring (bicyclic) bond motifs is 1. The zero-order chi connectivity index (χ0) is 24.2. The summed E-state index contributed by atoms with van der Waals surface area (Å²) in [6.07, 6.45) is 6.08. The number of thiophene rings is 1. The number of benzene rings is 1. The zero-order valence-corrected chi connectivity index (χ0v) is 20.5. The Labute approximate surface area is 206 Å². The Kier molecular flexibility index (Phi) is 10.9. The van der Waals surface area contributed by atoms with Gasteiger partial charge in [-0.25, -0.2) is 0 Å². The van der Waals surface area contributed by atoms with Crippen molar-refractivity contribution in [1.82, 2.24) is 9.80 Å². The average Bonchev–Trinajstić information content (AvgIpc) is 3.32. The normalized spacial score (nSPS) is 16.2. The summed E-state index contributed by atoms with van der Waals surface area (Å²) in [5.74, 6) is 3.20. The van der Waals surface area contributed by atoms with Crippen molar-refractivity contribution in [3.05, 3.63) is 52.2 Å². The van der Waals surface area contributed by atoms with E-state index in [1.54, 1.807) is 18.4 Å². The molecule has 0 saturated carbocycles. The molecule has 1 aromatic heterocycles. The molecule has 0 spiro atoms. The van der Waals surface area contributed by atoms with E-state index in [1.807, 2.05) is 40.1 Å². The van der Waals surface area contributed by atoms with Crippen LogP contribution in [-0.4, -0.2) is 86.6 Å². The third kappa shape index (κ3) is 7.83. The zero-order valence-electron chi connectivity index (χ0n) is 19.7. The van der Waals surface area contributed by atoms with Crippen molar-refractivity contribution in [3.8, 4) is 18.1 Å². The molecule has 0 aliphatic carbocycles. The number of carbonyl (C=O) groups excluding carboxylic acids is 1. The number of amides is 1. The van der Waals surface area contributed by atoms with Crippen molar-refractivity contribution in [2.24, 2.45) is 0 Å². The number of nitrogens with zero attached hydrogens (tertiary/aromatic N) is 2. The van der Waals surface area contributed by atoms with Crippen LogP contribution >= 0.6 is 11.3 Å². The van der Waals surface area contributed by atoms with Gasteiger partial charge in [-0.1, -0.05) is 24.1 Å². The van der Waals surface area contributed by atoms with Gasteiger partial charge in [0.2, 0.25) is 5.91 Å². The summed E-state index contributed by atoms with van der Waals surface area (Å²) in [5, 5.41) is 12.5. The van der Waals surface area contributed by atoms with Gasteiger partial charge in [0.05, 0.1) is 25.3 Å². The number of aliphatic hydroxyl groups excluding tert-OH is 1. The smallest absolute Gasteiger partial charge is 0.237 e. The summed E-state index contributed by atoms with van der Waals surface area (Å²) in [6, 6.07) is 11.6. The number of terminal acetylenes is 1. The van der Waals surface area contributed by atoms with E-state index in [0.717, 1.165) is 24.2 Å². The molecule has 1 amide bonds. The summed E-state index contributed by atoms with van der Waals surface area (Å²) in [5.41, 5.74) is 1.16. The first-order valence-corrected chi connectivity index (χ1v) is 12.4. The summed E-state index contributed by atoms with van der Waals surface area (Å²) < 4.78 is 16.5. The predicted molar refractivity (Wildman–Crippen MR) is 133 cm³/mol. The monoisotopic (exact) mass is 486 g/mol. The Morgan fingerprint density at radius 2 is 2.18 bits per heavy atom. The molecule has 1 aromatic carbocycles. The molecule has 2 atom stereocenters. The largest absolute Gasteiger partial charge is 0.491 e. The lowest BCUT2D eigenvalue weighted by molar-refractivity contribution is -0.136. The van der Waals surface area contributed by atoms with Crippen LogP contribution in [0.3, 0.4) is 0 Å². The lowest BCUT2D eigenvalue weighted by atomic mass is 10.0. The second kappa shape index (κ2) is 14.1. The summed E-state index contributed by atoms with van der Waals surface area (Å²) >= 11 is 1.73. The van der Waals surface area contributed by atoms with E-state index in [-0.39, 0.29) is 31.7 Å². The standard InChI is InChI=1S/C26H34N2O5S/c1-3-14-32-19-21(29)17-27(12-7-15-31-2)18-26(30)28-13-10-25-23(11-16-34-25)24(28)20-33-22-8-5-4-6-9-22/h1,4-6,8-9,11,16,21,24,29H,7,10,12-15,17-20H2,2H3/t21-,24-/m0/s1. The van der Waals surface area contributed by atoms with Gasteiger partial charge in [0.25, 0.3) is 0 Å². The van der Waals surface area contributed by atoms with E-state index in [0.29, 0.717) is 32.8 Å². The van der Waals surface area contributed by atoms with Gasteiger partial charge < -0.3 is 24.2 Å². The fraction of sp³-hybridized carbons (Fsp3) is 0.500. The number of aliphatic hydroxyl groups is 1.